The number of anilines is 1. The zero-order valence-electron chi connectivity index (χ0n) is 40.4. The third-order valence-corrected chi connectivity index (χ3v) is 14.9. The highest BCUT2D eigenvalue weighted by atomic mass is 16.7. The average molecular weight is 992 g/mol. The predicted molar refractivity (Wildman–Crippen MR) is 272 cm³/mol. The fraction of sp³-hybridized carbons (Fsp3) is 0.259. The zero-order chi connectivity index (χ0) is 51.1. The fourth-order valence-electron chi connectivity index (χ4n) is 11.6. The van der Waals surface area contributed by atoms with E-state index in [2.05, 4.69) is 27.4 Å². The number of amides is 6. The number of nitrogens with two attached hydrogens (primary N) is 1. The number of nitrogens with zero attached hydrogens (tertiary/aromatic N) is 4. The van der Waals surface area contributed by atoms with Crippen LogP contribution in [0.25, 0.3) is 0 Å². The highest BCUT2D eigenvalue weighted by molar-refractivity contribution is 6.24. The molecule has 6 aromatic carbocycles. The Balaban J connectivity index is 1.10. The lowest BCUT2D eigenvalue weighted by molar-refractivity contribution is -0.179. The van der Waals surface area contributed by atoms with Crippen LogP contribution in [0.5, 0.6) is 17.2 Å². The molecule has 0 aliphatic carbocycles. The number of phenols is 1. The van der Waals surface area contributed by atoms with Gasteiger partial charge in [0.05, 0.1) is 36.3 Å². The number of phenolic OH excluding ortho intramolecular Hbond substituents is 1. The van der Waals surface area contributed by atoms with Gasteiger partial charge in [0.25, 0.3) is 0 Å². The van der Waals surface area contributed by atoms with Gasteiger partial charge >= 0.3 is 18.0 Å². The van der Waals surface area contributed by atoms with Crippen LogP contribution < -0.4 is 30.7 Å². The van der Waals surface area contributed by atoms with E-state index in [1.54, 1.807) is 35.2 Å². The van der Waals surface area contributed by atoms with Gasteiger partial charge < -0.3 is 40.6 Å². The number of morpholine rings is 1. The molecule has 3 saturated heterocycles. The van der Waals surface area contributed by atoms with Crippen molar-refractivity contribution in [3.8, 4) is 29.1 Å². The number of nitrogens with one attached hydrogen (secondary N) is 2. The summed E-state index contributed by atoms with van der Waals surface area (Å²) in [4.78, 5) is 82.6. The average Bonchev–Trinajstić information content (AvgIpc) is 4.16. The first-order chi connectivity index (χ1) is 36.0. The molecule has 7 atom stereocenters. The Morgan fingerprint density at radius 2 is 1.45 bits per heavy atom. The molecular formula is C58H53N7O9. The maximum Gasteiger partial charge on any atom is 0.329 e. The minimum atomic E-state index is -2.04. The summed E-state index contributed by atoms with van der Waals surface area (Å²) in [5.41, 5.74) is 7.98. The van der Waals surface area contributed by atoms with Crippen LogP contribution in [-0.4, -0.2) is 95.2 Å². The first kappa shape index (κ1) is 47.7. The number of imide groups is 1. The SMILES string of the molecule is C[C@@H](NC(=O)N1C(=O)[C@@]2(c3cc(C#CCNC(N)=O)ccc31)[C@H](C(=O)N1CCN(Cc3ccc4c(c3)OCO4)CC1)[C@H]1C(=O)O[C@H](c3ccccc3)[C@H](c3ccccc3)N1[C@@H]2c1ccc(O)cc1)c1ccccc1. The summed E-state index contributed by atoms with van der Waals surface area (Å²) in [5, 5.41) is 16.4. The minimum Gasteiger partial charge on any atom is -0.508 e. The molecule has 6 aromatic rings. The Labute approximate surface area is 427 Å². The summed E-state index contributed by atoms with van der Waals surface area (Å²) >= 11 is 0. The normalized spacial score (nSPS) is 23.3. The van der Waals surface area contributed by atoms with E-state index in [0.717, 1.165) is 21.6 Å². The van der Waals surface area contributed by atoms with Crippen LogP contribution >= 0.6 is 0 Å². The zero-order valence-corrected chi connectivity index (χ0v) is 40.4. The van der Waals surface area contributed by atoms with E-state index in [1.165, 1.54) is 12.1 Å². The molecule has 74 heavy (non-hydrogen) atoms. The van der Waals surface area contributed by atoms with Crippen molar-refractivity contribution in [3.05, 3.63) is 191 Å². The lowest BCUT2D eigenvalue weighted by Gasteiger charge is -2.46. The highest BCUT2D eigenvalue weighted by Crippen LogP contribution is 2.66. The van der Waals surface area contributed by atoms with Gasteiger partial charge in [-0.25, -0.2) is 14.5 Å². The molecule has 0 aromatic heterocycles. The van der Waals surface area contributed by atoms with Crippen molar-refractivity contribution < 1.29 is 43.3 Å². The van der Waals surface area contributed by atoms with Crippen molar-refractivity contribution in [1.29, 1.82) is 0 Å². The molecule has 16 nitrogen and oxygen atoms in total. The summed E-state index contributed by atoms with van der Waals surface area (Å²) in [6, 6.07) is 40.2. The number of fused-ring (bicyclic) bond motifs is 4. The molecule has 374 valence electrons. The number of primary amides is 1. The number of cyclic esters (lactones) is 1. The minimum absolute atomic E-state index is 0.0420. The van der Waals surface area contributed by atoms with Crippen LogP contribution in [0.1, 0.15) is 70.1 Å². The van der Waals surface area contributed by atoms with Crippen molar-refractivity contribution in [1.82, 2.24) is 25.3 Å². The summed E-state index contributed by atoms with van der Waals surface area (Å²) < 4.78 is 17.8. The number of hydrogen-bond donors (Lipinski definition) is 4. The number of carbonyl (C=O) groups is 5. The number of carbonyl (C=O) groups excluding carboxylic acids is 5. The summed E-state index contributed by atoms with van der Waals surface area (Å²) in [7, 11) is 0. The summed E-state index contributed by atoms with van der Waals surface area (Å²) in [5.74, 6) is 3.93. The molecule has 0 radical (unpaired) electrons. The molecular weight excluding hydrogens is 939 g/mol. The molecule has 6 amide bonds. The highest BCUT2D eigenvalue weighted by Gasteiger charge is 2.76. The standard InChI is InChI=1S/C58H53N7O9/c1-36(39-13-5-2-6-14-39)61-57(71)64-45-25-19-37(12-11-27-60-56(59)70)32-44(45)58(55(64)69)48(53(67)63-30-28-62(29-31-63)34-38-20-26-46-47(33-38)73-35-72-46)50-54(68)74-51(41-17-9-4-10-18-41)49(40-15-7-3-8-16-40)65(50)52(58)42-21-23-43(66)24-22-42/h2-10,13-26,32-33,36,48-52,66H,27-31,34-35H2,1H3,(H,61,71)(H3,59,60,70)/t36-,48+,49+,50+,51-,52-,58+/m1/s1. The smallest absolute Gasteiger partial charge is 0.329 e. The van der Waals surface area contributed by atoms with Crippen molar-refractivity contribution in [2.24, 2.45) is 11.7 Å². The number of rotatable bonds is 9. The van der Waals surface area contributed by atoms with Crippen molar-refractivity contribution >= 4 is 35.5 Å². The molecule has 0 unspecified atom stereocenters. The number of hydrogen-bond acceptors (Lipinski definition) is 11. The van der Waals surface area contributed by atoms with Gasteiger partial charge in [-0.2, -0.15) is 0 Å². The predicted octanol–water partition coefficient (Wildman–Crippen LogP) is 6.62. The molecule has 5 aliphatic rings. The third-order valence-electron chi connectivity index (χ3n) is 14.9. The van der Waals surface area contributed by atoms with E-state index in [9.17, 15) is 9.90 Å². The van der Waals surface area contributed by atoms with Crippen LogP contribution in [0, 0.1) is 17.8 Å². The Hall–Kier alpha value is -8.65. The van der Waals surface area contributed by atoms with Gasteiger partial charge in [-0.15, -0.1) is 0 Å². The maximum absolute atomic E-state index is 16.8. The van der Waals surface area contributed by atoms with E-state index in [-0.39, 0.29) is 37.9 Å². The van der Waals surface area contributed by atoms with Crippen LogP contribution in [0.3, 0.4) is 0 Å². The second-order valence-electron chi connectivity index (χ2n) is 19.1. The Morgan fingerprint density at radius 3 is 2.15 bits per heavy atom. The van der Waals surface area contributed by atoms with E-state index in [1.807, 2.05) is 121 Å². The number of esters is 1. The van der Waals surface area contributed by atoms with Gasteiger partial charge in [-0.05, 0) is 82.8 Å². The maximum atomic E-state index is 16.8. The Bertz CT molecular complexity index is 3200. The molecule has 5 heterocycles. The van der Waals surface area contributed by atoms with Crippen molar-refractivity contribution in [2.75, 3.05) is 44.4 Å². The quantitative estimate of drug-likeness (QED) is 0.0898. The van der Waals surface area contributed by atoms with Crippen molar-refractivity contribution in [3.63, 3.8) is 0 Å². The van der Waals surface area contributed by atoms with E-state index in [4.69, 9.17) is 19.9 Å². The van der Waals surface area contributed by atoms with E-state index < -0.39 is 71.5 Å². The topological polar surface area (TPSA) is 196 Å². The molecule has 11 rings (SSSR count). The summed E-state index contributed by atoms with van der Waals surface area (Å²) in [6.07, 6.45) is -0.926. The van der Waals surface area contributed by atoms with Crippen LogP contribution in [-0.2, 0) is 31.1 Å². The number of urea groups is 2. The lowest BCUT2D eigenvalue weighted by atomic mass is 9.64. The third kappa shape index (κ3) is 8.49. The van der Waals surface area contributed by atoms with Gasteiger partial charge in [0, 0.05) is 38.3 Å². The largest absolute Gasteiger partial charge is 0.508 e. The Morgan fingerprint density at radius 1 is 0.770 bits per heavy atom. The van der Waals surface area contributed by atoms with Gasteiger partial charge in [0.2, 0.25) is 18.6 Å². The van der Waals surface area contributed by atoms with E-state index in [0.29, 0.717) is 53.4 Å². The second-order valence-corrected chi connectivity index (χ2v) is 19.1. The number of aromatic hydroxyl groups is 1. The van der Waals surface area contributed by atoms with Gasteiger partial charge in [-0.1, -0.05) is 121 Å². The van der Waals surface area contributed by atoms with Crippen LogP contribution in [0.4, 0.5) is 15.3 Å². The molecule has 0 bridgehead atoms. The van der Waals surface area contributed by atoms with Gasteiger partial charge in [0.1, 0.15) is 23.3 Å². The monoisotopic (exact) mass is 991 g/mol. The second kappa shape index (κ2) is 19.8. The lowest BCUT2D eigenvalue weighted by Crippen LogP contribution is -2.59. The number of ether oxygens (including phenoxy) is 3. The Kier molecular flexibility index (Phi) is 12.7. The summed E-state index contributed by atoms with van der Waals surface area (Å²) in [6.45, 7) is 3.93. The van der Waals surface area contributed by atoms with Gasteiger partial charge in [0.15, 0.2) is 11.5 Å². The molecule has 5 N–H and O–H groups in total. The van der Waals surface area contributed by atoms with Crippen molar-refractivity contribution in [2.45, 2.75) is 49.2 Å². The fourth-order valence-corrected chi connectivity index (χ4v) is 11.6. The molecule has 5 aliphatic heterocycles. The number of benzene rings is 6. The van der Waals surface area contributed by atoms with Crippen LogP contribution in [0.2, 0.25) is 0 Å². The molecule has 3 fully saturated rings. The van der Waals surface area contributed by atoms with Gasteiger partial charge in [-0.3, -0.25) is 24.2 Å². The molecule has 0 saturated carbocycles. The van der Waals surface area contributed by atoms with E-state index >= 15 is 19.2 Å². The molecule has 16 heteroatoms. The molecule has 1 spiro atoms. The van der Waals surface area contributed by atoms with Crippen LogP contribution in [0.15, 0.2) is 152 Å². The number of piperazine rings is 1. The first-order valence-corrected chi connectivity index (χ1v) is 24.6. The first-order valence-electron chi connectivity index (χ1n) is 24.6.